The van der Waals surface area contributed by atoms with Crippen LogP contribution in [0.4, 0.5) is 10.2 Å². The molecule has 2 aromatic rings. The number of pyridine rings is 1. The van der Waals surface area contributed by atoms with Gasteiger partial charge in [-0.1, -0.05) is 12.1 Å². The van der Waals surface area contributed by atoms with Crippen LogP contribution in [0.15, 0.2) is 36.4 Å². The maximum Gasteiger partial charge on any atom is 0.272 e. The van der Waals surface area contributed by atoms with Crippen molar-refractivity contribution in [3.05, 3.63) is 53.5 Å². The zero-order valence-electron chi connectivity index (χ0n) is 14.4. The number of halogens is 1. The van der Waals surface area contributed by atoms with E-state index < -0.39 is 5.82 Å². The van der Waals surface area contributed by atoms with E-state index in [1.54, 1.807) is 38.4 Å². The monoisotopic (exact) mass is 345 g/mol. The van der Waals surface area contributed by atoms with E-state index in [2.05, 4.69) is 10.3 Å². The topological polar surface area (TPSA) is 71.5 Å². The fourth-order valence-electron chi connectivity index (χ4n) is 2.18. The highest BCUT2D eigenvalue weighted by Crippen LogP contribution is 2.18. The third-order valence-electron chi connectivity index (χ3n) is 3.50. The number of nitrogens with one attached hydrogen (secondary N) is 1. The van der Waals surface area contributed by atoms with E-state index in [1.165, 1.54) is 24.1 Å². The molecule has 1 aromatic heterocycles. The van der Waals surface area contributed by atoms with Crippen molar-refractivity contribution in [2.45, 2.75) is 12.8 Å². The number of hydrogen-bond donors (Lipinski definition) is 1. The third-order valence-corrected chi connectivity index (χ3v) is 3.50. The first-order valence-corrected chi connectivity index (χ1v) is 7.71. The van der Waals surface area contributed by atoms with Gasteiger partial charge in [0.2, 0.25) is 5.91 Å². The Labute approximate surface area is 145 Å². The second-order valence-corrected chi connectivity index (χ2v) is 5.62. The molecule has 0 aliphatic heterocycles. The second-order valence-electron chi connectivity index (χ2n) is 5.62. The van der Waals surface area contributed by atoms with E-state index in [0.29, 0.717) is 17.8 Å². The summed E-state index contributed by atoms with van der Waals surface area (Å²) in [4.78, 5) is 29.5. The number of nitrogens with zero attached hydrogens (tertiary/aromatic N) is 2. The molecule has 0 unspecified atom stereocenters. The van der Waals surface area contributed by atoms with Crippen LogP contribution >= 0.6 is 0 Å². The molecule has 0 bridgehead atoms. The Morgan fingerprint density at radius 2 is 2.00 bits per heavy atom. The third kappa shape index (κ3) is 5.00. The summed E-state index contributed by atoms with van der Waals surface area (Å²) in [6, 6.07) is 9.43. The number of anilines is 1. The van der Waals surface area contributed by atoms with Crippen molar-refractivity contribution in [2.24, 2.45) is 0 Å². The molecule has 132 valence electrons. The number of methoxy groups -OCH3 is 1. The lowest BCUT2D eigenvalue weighted by atomic mass is 10.1. The Balaban J connectivity index is 1.95. The average molecular weight is 345 g/mol. The summed E-state index contributed by atoms with van der Waals surface area (Å²) >= 11 is 0. The van der Waals surface area contributed by atoms with Gasteiger partial charge in [-0.25, -0.2) is 9.37 Å². The van der Waals surface area contributed by atoms with Crippen LogP contribution in [0.3, 0.4) is 0 Å². The van der Waals surface area contributed by atoms with E-state index in [-0.39, 0.29) is 29.7 Å². The van der Waals surface area contributed by atoms with Crippen LogP contribution in [-0.4, -0.2) is 42.9 Å². The number of ether oxygens (including phenoxy) is 1. The van der Waals surface area contributed by atoms with Crippen molar-refractivity contribution in [2.75, 3.05) is 26.5 Å². The van der Waals surface area contributed by atoms with Gasteiger partial charge in [0, 0.05) is 20.5 Å². The lowest BCUT2D eigenvalue weighted by molar-refractivity contribution is -0.116. The van der Waals surface area contributed by atoms with Crippen molar-refractivity contribution < 1.29 is 18.7 Å². The van der Waals surface area contributed by atoms with E-state index in [0.717, 1.165) is 0 Å². The van der Waals surface area contributed by atoms with Gasteiger partial charge in [0.25, 0.3) is 5.91 Å². The minimum Gasteiger partial charge on any atom is -0.494 e. The number of carbonyl (C=O) groups excluding carboxylic acids is 2. The number of hydrogen-bond acceptors (Lipinski definition) is 4. The molecule has 1 N–H and O–H groups in total. The van der Waals surface area contributed by atoms with Gasteiger partial charge in [0.1, 0.15) is 11.5 Å². The number of aryl methyl sites for hydroxylation is 1. The largest absolute Gasteiger partial charge is 0.494 e. The second kappa shape index (κ2) is 8.23. The summed E-state index contributed by atoms with van der Waals surface area (Å²) < 4.78 is 18.5. The van der Waals surface area contributed by atoms with Crippen LogP contribution in [0.5, 0.6) is 5.75 Å². The lowest BCUT2D eigenvalue weighted by Gasteiger charge is -2.11. The van der Waals surface area contributed by atoms with Gasteiger partial charge in [-0.15, -0.1) is 0 Å². The molecule has 1 aromatic carbocycles. The summed E-state index contributed by atoms with van der Waals surface area (Å²) in [5.74, 6) is -0.502. The summed E-state index contributed by atoms with van der Waals surface area (Å²) in [5, 5.41) is 2.64. The molecule has 1 heterocycles. The molecule has 7 heteroatoms. The normalized spacial score (nSPS) is 10.2. The van der Waals surface area contributed by atoms with Gasteiger partial charge in [-0.2, -0.15) is 0 Å². The maximum atomic E-state index is 13.6. The summed E-state index contributed by atoms with van der Waals surface area (Å²) in [5.41, 5.74) is 0.943. The minimum absolute atomic E-state index is 0.166. The number of carbonyl (C=O) groups is 2. The van der Waals surface area contributed by atoms with Crippen molar-refractivity contribution in [1.82, 2.24) is 9.88 Å². The van der Waals surface area contributed by atoms with Gasteiger partial charge in [-0.05, 0) is 36.2 Å². The van der Waals surface area contributed by atoms with Crippen LogP contribution in [0.2, 0.25) is 0 Å². The number of amides is 2. The maximum absolute atomic E-state index is 13.6. The molecule has 0 aliphatic carbocycles. The smallest absolute Gasteiger partial charge is 0.272 e. The molecule has 0 saturated carbocycles. The molecular formula is C18H20FN3O3. The van der Waals surface area contributed by atoms with Crippen LogP contribution in [-0.2, 0) is 11.2 Å². The molecule has 0 saturated heterocycles. The van der Waals surface area contributed by atoms with E-state index in [1.807, 2.05) is 0 Å². The number of rotatable bonds is 6. The SMILES string of the molecule is COc1ccc(CCC(=O)Nc2cccc(C(=O)N(C)C)n2)cc1F. The quantitative estimate of drug-likeness (QED) is 0.873. The van der Waals surface area contributed by atoms with Gasteiger partial charge in [-0.3, -0.25) is 9.59 Å². The summed E-state index contributed by atoms with van der Waals surface area (Å²) in [6.07, 6.45) is 0.544. The Morgan fingerprint density at radius 1 is 1.24 bits per heavy atom. The molecule has 6 nitrogen and oxygen atoms in total. The Hall–Kier alpha value is -2.96. The highest BCUT2D eigenvalue weighted by atomic mass is 19.1. The average Bonchev–Trinajstić information content (AvgIpc) is 2.59. The zero-order valence-corrected chi connectivity index (χ0v) is 14.4. The van der Waals surface area contributed by atoms with Gasteiger partial charge in [0.15, 0.2) is 11.6 Å². The first kappa shape index (κ1) is 18.4. The van der Waals surface area contributed by atoms with Gasteiger partial charge in [0.05, 0.1) is 7.11 Å². The molecule has 0 atom stereocenters. The fourth-order valence-corrected chi connectivity index (χ4v) is 2.18. The Kier molecular flexibility index (Phi) is 6.05. The fraction of sp³-hybridized carbons (Fsp3) is 0.278. The first-order chi connectivity index (χ1) is 11.9. The summed E-state index contributed by atoms with van der Waals surface area (Å²) in [6.45, 7) is 0. The number of aromatic nitrogens is 1. The molecular weight excluding hydrogens is 325 g/mol. The van der Waals surface area contributed by atoms with Gasteiger partial charge < -0.3 is 15.0 Å². The standard InChI is InChI=1S/C18H20FN3O3/c1-22(2)18(24)14-5-4-6-16(20-14)21-17(23)10-8-12-7-9-15(25-3)13(19)11-12/h4-7,9,11H,8,10H2,1-3H3,(H,20,21,23). The van der Waals surface area contributed by atoms with E-state index in [4.69, 9.17) is 4.74 Å². The number of benzene rings is 1. The first-order valence-electron chi connectivity index (χ1n) is 7.71. The van der Waals surface area contributed by atoms with Crippen LogP contribution in [0, 0.1) is 5.82 Å². The summed E-state index contributed by atoms with van der Waals surface area (Å²) in [7, 11) is 4.65. The van der Waals surface area contributed by atoms with Crippen LogP contribution < -0.4 is 10.1 Å². The van der Waals surface area contributed by atoms with Crippen molar-refractivity contribution in [1.29, 1.82) is 0 Å². The molecule has 0 fully saturated rings. The highest BCUT2D eigenvalue weighted by molar-refractivity contribution is 5.94. The Bertz CT molecular complexity index is 778. The van der Waals surface area contributed by atoms with Crippen molar-refractivity contribution in [3.63, 3.8) is 0 Å². The zero-order chi connectivity index (χ0) is 18.4. The molecule has 0 radical (unpaired) electrons. The Morgan fingerprint density at radius 3 is 2.64 bits per heavy atom. The molecule has 2 rings (SSSR count). The van der Waals surface area contributed by atoms with Gasteiger partial charge >= 0.3 is 0 Å². The predicted octanol–water partition coefficient (Wildman–Crippen LogP) is 2.50. The predicted molar refractivity (Wildman–Crippen MR) is 92.2 cm³/mol. The van der Waals surface area contributed by atoms with Crippen LogP contribution in [0.1, 0.15) is 22.5 Å². The van der Waals surface area contributed by atoms with E-state index in [9.17, 15) is 14.0 Å². The molecule has 25 heavy (non-hydrogen) atoms. The van der Waals surface area contributed by atoms with Crippen molar-refractivity contribution >= 4 is 17.6 Å². The molecule has 0 aliphatic rings. The molecule has 2 amide bonds. The highest BCUT2D eigenvalue weighted by Gasteiger charge is 2.11. The van der Waals surface area contributed by atoms with E-state index >= 15 is 0 Å². The lowest BCUT2D eigenvalue weighted by Crippen LogP contribution is -2.23. The minimum atomic E-state index is -0.461. The molecule has 0 spiro atoms. The van der Waals surface area contributed by atoms with Crippen molar-refractivity contribution in [3.8, 4) is 5.75 Å². The van der Waals surface area contributed by atoms with Crippen LogP contribution in [0.25, 0.3) is 0 Å².